The van der Waals surface area contributed by atoms with Crippen molar-refractivity contribution in [3.63, 3.8) is 0 Å². The summed E-state index contributed by atoms with van der Waals surface area (Å²) in [4.78, 5) is 17.5. The average molecular weight is 500 g/mol. The topological polar surface area (TPSA) is 96.5 Å². The van der Waals surface area contributed by atoms with Crippen LogP contribution in [0.1, 0.15) is 30.0 Å². The van der Waals surface area contributed by atoms with Crippen LogP contribution in [0.15, 0.2) is 95.5 Å². The lowest BCUT2D eigenvalue weighted by Gasteiger charge is -2.26. The molecule has 0 amide bonds. The molecule has 3 heterocycles. The molecular weight excluding hydrogens is 474 g/mol. The van der Waals surface area contributed by atoms with Gasteiger partial charge in [0.25, 0.3) is 5.69 Å². The Labute approximate surface area is 214 Å². The van der Waals surface area contributed by atoms with Crippen LogP contribution in [0.25, 0.3) is 11.3 Å². The van der Waals surface area contributed by atoms with E-state index in [0.717, 1.165) is 30.1 Å². The van der Waals surface area contributed by atoms with E-state index in [9.17, 15) is 10.1 Å². The highest BCUT2D eigenvalue weighted by atomic mass is 32.1. The van der Waals surface area contributed by atoms with Gasteiger partial charge in [-0.05, 0) is 55.0 Å². The third kappa shape index (κ3) is 5.06. The maximum atomic E-state index is 11.2. The molecule has 2 N–H and O–H groups in total. The summed E-state index contributed by atoms with van der Waals surface area (Å²) in [5, 5.41) is 18.7. The number of rotatable bonds is 9. The van der Waals surface area contributed by atoms with Crippen molar-refractivity contribution in [2.45, 2.75) is 18.5 Å². The number of nitrogens with zero attached hydrogens (tertiary/aromatic N) is 3. The standard InChI is InChI=1S/C27H25N5O3S/c33-32(34)21-11-6-8-19(18-21)23-13-14-24(35-23)26-25(22-12-4-5-15-29-22)30-27(36)31(26)17-7-16-28-20-9-2-1-3-10-20/h1-6,8-15,18,25-26,28H,7,16-17H2,(H,30,36)/t25-,26+/m0/s1. The number of anilines is 1. The fourth-order valence-electron chi connectivity index (χ4n) is 4.43. The fraction of sp³-hybridized carbons (Fsp3) is 0.185. The number of thiocarbonyl (C=S) groups is 1. The second kappa shape index (κ2) is 10.6. The van der Waals surface area contributed by atoms with Gasteiger partial charge in [0.1, 0.15) is 17.6 Å². The normalized spacial score (nSPS) is 17.1. The van der Waals surface area contributed by atoms with Crippen molar-refractivity contribution in [1.29, 1.82) is 0 Å². The van der Waals surface area contributed by atoms with Crippen molar-refractivity contribution in [2.24, 2.45) is 0 Å². The Bertz CT molecular complexity index is 1350. The zero-order valence-corrected chi connectivity index (χ0v) is 20.2. The van der Waals surface area contributed by atoms with Crippen LogP contribution in [0.4, 0.5) is 11.4 Å². The van der Waals surface area contributed by atoms with E-state index in [1.807, 2.05) is 60.7 Å². The number of hydrogen-bond acceptors (Lipinski definition) is 6. The molecule has 1 aliphatic heterocycles. The second-order valence-corrected chi connectivity index (χ2v) is 8.86. The molecule has 8 nitrogen and oxygen atoms in total. The molecule has 0 aliphatic carbocycles. The van der Waals surface area contributed by atoms with Crippen LogP contribution in [-0.4, -0.2) is 33.0 Å². The minimum absolute atomic E-state index is 0.0214. The van der Waals surface area contributed by atoms with Crippen LogP contribution < -0.4 is 10.6 Å². The fourth-order valence-corrected chi connectivity index (χ4v) is 4.76. The molecule has 1 aliphatic rings. The number of furan rings is 1. The number of non-ortho nitro benzene ring substituents is 1. The van der Waals surface area contributed by atoms with Crippen molar-refractivity contribution in [3.8, 4) is 11.3 Å². The lowest BCUT2D eigenvalue weighted by atomic mass is 10.0. The van der Waals surface area contributed by atoms with Crippen LogP contribution in [0.2, 0.25) is 0 Å². The van der Waals surface area contributed by atoms with E-state index >= 15 is 0 Å². The summed E-state index contributed by atoms with van der Waals surface area (Å²) in [6.45, 7) is 1.51. The molecule has 2 atom stereocenters. The van der Waals surface area contributed by atoms with Gasteiger partial charge in [-0.15, -0.1) is 0 Å². The lowest BCUT2D eigenvalue weighted by molar-refractivity contribution is -0.384. The van der Waals surface area contributed by atoms with Gasteiger partial charge in [-0.25, -0.2) is 0 Å². The Hall–Kier alpha value is -4.24. The molecule has 2 aromatic heterocycles. The Kier molecular flexibility index (Phi) is 6.90. The van der Waals surface area contributed by atoms with E-state index in [0.29, 0.717) is 23.0 Å². The molecule has 0 radical (unpaired) electrons. The summed E-state index contributed by atoms with van der Waals surface area (Å²) in [6.07, 6.45) is 2.63. The summed E-state index contributed by atoms with van der Waals surface area (Å²) in [6, 6.07) is 25.7. The highest BCUT2D eigenvalue weighted by Gasteiger charge is 2.41. The van der Waals surface area contributed by atoms with Gasteiger partial charge < -0.3 is 20.0 Å². The Morgan fingerprint density at radius 2 is 1.89 bits per heavy atom. The molecule has 5 rings (SSSR count). The van der Waals surface area contributed by atoms with Crippen molar-refractivity contribution in [2.75, 3.05) is 18.4 Å². The van der Waals surface area contributed by atoms with Crippen LogP contribution in [0.5, 0.6) is 0 Å². The van der Waals surface area contributed by atoms with Crippen molar-refractivity contribution >= 4 is 28.7 Å². The largest absolute Gasteiger partial charge is 0.459 e. The Morgan fingerprint density at radius 3 is 2.67 bits per heavy atom. The quantitative estimate of drug-likeness (QED) is 0.131. The van der Waals surface area contributed by atoms with E-state index in [1.165, 1.54) is 12.1 Å². The number of nitro benzene ring substituents is 1. The summed E-state index contributed by atoms with van der Waals surface area (Å²) in [5.41, 5.74) is 2.61. The average Bonchev–Trinajstić information content (AvgIpc) is 3.52. The van der Waals surface area contributed by atoms with E-state index in [-0.39, 0.29) is 17.8 Å². The van der Waals surface area contributed by atoms with Crippen molar-refractivity contribution < 1.29 is 9.34 Å². The van der Waals surface area contributed by atoms with E-state index < -0.39 is 4.92 Å². The lowest BCUT2D eigenvalue weighted by Crippen LogP contribution is -2.31. The number of nitrogens with one attached hydrogen (secondary N) is 2. The van der Waals surface area contributed by atoms with Gasteiger partial charge in [0.2, 0.25) is 0 Å². The van der Waals surface area contributed by atoms with E-state index in [2.05, 4.69) is 20.5 Å². The van der Waals surface area contributed by atoms with Crippen LogP contribution in [0.3, 0.4) is 0 Å². The van der Waals surface area contributed by atoms with Crippen LogP contribution in [-0.2, 0) is 0 Å². The number of aromatic nitrogens is 1. The predicted molar refractivity (Wildman–Crippen MR) is 143 cm³/mol. The molecule has 1 saturated heterocycles. The Morgan fingerprint density at radius 1 is 1.06 bits per heavy atom. The van der Waals surface area contributed by atoms with Gasteiger partial charge in [0.05, 0.1) is 16.7 Å². The molecule has 182 valence electrons. The zero-order chi connectivity index (χ0) is 24.9. The van der Waals surface area contributed by atoms with Gasteiger partial charge >= 0.3 is 0 Å². The van der Waals surface area contributed by atoms with Crippen molar-refractivity contribution in [3.05, 3.63) is 113 Å². The maximum absolute atomic E-state index is 11.2. The first kappa shape index (κ1) is 23.5. The van der Waals surface area contributed by atoms with Crippen molar-refractivity contribution in [1.82, 2.24) is 15.2 Å². The number of benzene rings is 2. The van der Waals surface area contributed by atoms with Gasteiger partial charge in [0, 0.05) is 42.7 Å². The number of para-hydroxylation sites is 1. The third-order valence-electron chi connectivity index (χ3n) is 6.14. The SMILES string of the molecule is O=[N+]([O-])c1cccc(-c2ccc([C@@H]3[C@H](c4ccccn4)NC(=S)N3CCCNc3ccccc3)o2)c1. The number of hydrogen-bond donors (Lipinski definition) is 2. The predicted octanol–water partition coefficient (Wildman–Crippen LogP) is 5.72. The molecule has 2 aromatic carbocycles. The first-order valence-corrected chi connectivity index (χ1v) is 12.1. The molecule has 0 spiro atoms. The summed E-state index contributed by atoms with van der Waals surface area (Å²) in [7, 11) is 0. The molecule has 0 unspecified atom stereocenters. The summed E-state index contributed by atoms with van der Waals surface area (Å²) >= 11 is 5.73. The van der Waals surface area contributed by atoms with Crippen LogP contribution in [0, 0.1) is 10.1 Å². The minimum Gasteiger partial charge on any atom is -0.459 e. The van der Waals surface area contributed by atoms with Crippen LogP contribution >= 0.6 is 12.2 Å². The van der Waals surface area contributed by atoms with Gasteiger partial charge in [-0.2, -0.15) is 0 Å². The monoisotopic (exact) mass is 499 g/mol. The highest BCUT2D eigenvalue weighted by Crippen LogP contribution is 2.40. The van der Waals surface area contributed by atoms with Gasteiger partial charge in [0.15, 0.2) is 5.11 Å². The van der Waals surface area contributed by atoms with Gasteiger partial charge in [-0.1, -0.05) is 36.4 Å². The third-order valence-corrected chi connectivity index (χ3v) is 6.49. The summed E-state index contributed by atoms with van der Waals surface area (Å²) < 4.78 is 6.29. The molecule has 9 heteroatoms. The highest BCUT2D eigenvalue weighted by molar-refractivity contribution is 7.80. The molecule has 4 aromatic rings. The maximum Gasteiger partial charge on any atom is 0.270 e. The molecular formula is C27H25N5O3S. The first-order valence-electron chi connectivity index (χ1n) is 11.7. The van der Waals surface area contributed by atoms with E-state index in [4.69, 9.17) is 16.6 Å². The molecule has 36 heavy (non-hydrogen) atoms. The number of pyridine rings is 1. The van der Waals surface area contributed by atoms with Gasteiger partial charge in [-0.3, -0.25) is 15.1 Å². The number of nitro groups is 1. The van der Waals surface area contributed by atoms with E-state index in [1.54, 1.807) is 18.3 Å². The molecule has 0 saturated carbocycles. The second-order valence-electron chi connectivity index (χ2n) is 8.48. The molecule has 0 bridgehead atoms. The Balaban J connectivity index is 1.39. The molecule has 1 fully saturated rings. The smallest absolute Gasteiger partial charge is 0.270 e. The first-order chi connectivity index (χ1) is 17.6. The minimum atomic E-state index is -0.408. The summed E-state index contributed by atoms with van der Waals surface area (Å²) in [5.74, 6) is 1.28. The zero-order valence-electron chi connectivity index (χ0n) is 19.4.